The molecular formula is C31H33F3N2O2. The van der Waals surface area contributed by atoms with E-state index in [9.17, 15) is 18.0 Å². The largest absolute Gasteiger partial charge is 0.492 e. The zero-order valence-corrected chi connectivity index (χ0v) is 21.9. The van der Waals surface area contributed by atoms with Crippen molar-refractivity contribution >= 4 is 17.1 Å². The molecule has 3 aromatic carbocycles. The van der Waals surface area contributed by atoms with Crippen molar-refractivity contribution in [3.63, 3.8) is 0 Å². The minimum atomic E-state index is -4.46. The Labute approximate surface area is 222 Å². The smallest absolute Gasteiger partial charge is 0.416 e. The molecule has 0 aliphatic carbocycles. The van der Waals surface area contributed by atoms with Gasteiger partial charge >= 0.3 is 6.18 Å². The highest BCUT2D eigenvalue weighted by atomic mass is 19.4. The number of hydrogen-bond donors (Lipinski definition) is 1. The van der Waals surface area contributed by atoms with Crippen LogP contribution in [0.4, 0.5) is 13.2 Å². The van der Waals surface area contributed by atoms with Crippen molar-refractivity contribution in [1.29, 1.82) is 0 Å². The van der Waals surface area contributed by atoms with Gasteiger partial charge in [-0.3, -0.25) is 4.79 Å². The second kappa shape index (κ2) is 13.6. The van der Waals surface area contributed by atoms with E-state index in [0.717, 1.165) is 22.8 Å². The minimum absolute atomic E-state index is 0.0693. The fourth-order valence-electron chi connectivity index (χ4n) is 4.07. The normalized spacial score (nSPS) is 12.4. The molecule has 4 nitrogen and oxygen atoms in total. The van der Waals surface area contributed by atoms with Crippen molar-refractivity contribution in [2.24, 2.45) is 0 Å². The third kappa shape index (κ3) is 7.83. The first kappa shape index (κ1) is 28.7. The summed E-state index contributed by atoms with van der Waals surface area (Å²) < 4.78 is 47.5. The van der Waals surface area contributed by atoms with Gasteiger partial charge in [0.15, 0.2) is 0 Å². The van der Waals surface area contributed by atoms with Crippen LogP contribution >= 0.6 is 0 Å². The first-order valence-corrected chi connectivity index (χ1v) is 12.5. The van der Waals surface area contributed by atoms with Crippen LogP contribution in [0.15, 0.2) is 91.0 Å². The number of alkyl halides is 3. The summed E-state index contributed by atoms with van der Waals surface area (Å²) in [6, 6.07) is 22.6. The van der Waals surface area contributed by atoms with Crippen molar-refractivity contribution in [3.8, 4) is 5.75 Å². The molecule has 0 heterocycles. The first-order valence-electron chi connectivity index (χ1n) is 12.5. The second-order valence-corrected chi connectivity index (χ2v) is 8.83. The van der Waals surface area contributed by atoms with E-state index in [2.05, 4.69) is 5.32 Å². The standard InChI is InChI=1S/C31H33F3N2O2/c1-4-26(27-13-8-9-14-28(27)31(32,33)34)30(23-11-6-5-7-12-23)24-16-18-25(19-17-24)38-22-21-35-20-10-15-29(37)36(2)3/h5-19,35H,4,20-22H2,1-3H3/b15-10+,30-26-. The highest BCUT2D eigenvalue weighted by molar-refractivity contribution is 5.99. The molecule has 0 aliphatic rings. The van der Waals surface area contributed by atoms with Crippen LogP contribution in [0.2, 0.25) is 0 Å². The van der Waals surface area contributed by atoms with Crippen molar-refractivity contribution in [2.45, 2.75) is 19.5 Å². The van der Waals surface area contributed by atoms with Gasteiger partial charge < -0.3 is 15.0 Å². The Morgan fingerprint density at radius 3 is 2.18 bits per heavy atom. The number of halogens is 3. The topological polar surface area (TPSA) is 41.6 Å². The molecule has 200 valence electrons. The fourth-order valence-corrected chi connectivity index (χ4v) is 4.07. The van der Waals surface area contributed by atoms with Gasteiger partial charge in [0.25, 0.3) is 0 Å². The minimum Gasteiger partial charge on any atom is -0.492 e. The van der Waals surface area contributed by atoms with E-state index in [0.29, 0.717) is 37.4 Å². The average molecular weight is 523 g/mol. The highest BCUT2D eigenvalue weighted by Gasteiger charge is 2.34. The molecule has 1 N–H and O–H groups in total. The molecule has 0 spiro atoms. The van der Waals surface area contributed by atoms with Crippen LogP contribution in [0, 0.1) is 0 Å². The molecule has 0 aromatic heterocycles. The third-order valence-corrected chi connectivity index (χ3v) is 5.93. The number of carbonyl (C=O) groups excluding carboxylic acids is 1. The number of allylic oxidation sites excluding steroid dienone is 1. The number of nitrogens with zero attached hydrogens (tertiary/aromatic N) is 1. The molecule has 0 bridgehead atoms. The summed E-state index contributed by atoms with van der Waals surface area (Å²) in [5.41, 5.74) is 2.60. The van der Waals surface area contributed by atoms with E-state index < -0.39 is 11.7 Å². The second-order valence-electron chi connectivity index (χ2n) is 8.83. The van der Waals surface area contributed by atoms with Gasteiger partial charge in [-0.2, -0.15) is 13.2 Å². The molecule has 0 saturated heterocycles. The zero-order valence-electron chi connectivity index (χ0n) is 21.9. The molecule has 3 rings (SSSR count). The third-order valence-electron chi connectivity index (χ3n) is 5.93. The Hall–Kier alpha value is -3.84. The lowest BCUT2D eigenvalue weighted by Crippen LogP contribution is -2.22. The van der Waals surface area contributed by atoms with E-state index >= 15 is 0 Å². The van der Waals surface area contributed by atoms with Gasteiger partial charge in [0.05, 0.1) is 5.56 Å². The molecular weight excluding hydrogens is 489 g/mol. The van der Waals surface area contributed by atoms with Crippen molar-refractivity contribution in [1.82, 2.24) is 10.2 Å². The zero-order chi connectivity index (χ0) is 27.5. The van der Waals surface area contributed by atoms with Crippen molar-refractivity contribution in [3.05, 3.63) is 113 Å². The molecule has 0 radical (unpaired) electrons. The van der Waals surface area contributed by atoms with Crippen LogP contribution in [0.25, 0.3) is 11.1 Å². The van der Waals surface area contributed by atoms with Gasteiger partial charge in [-0.15, -0.1) is 0 Å². The van der Waals surface area contributed by atoms with Crippen LogP contribution < -0.4 is 10.1 Å². The highest BCUT2D eigenvalue weighted by Crippen LogP contribution is 2.40. The predicted molar refractivity (Wildman–Crippen MR) is 147 cm³/mol. The van der Waals surface area contributed by atoms with Crippen LogP contribution in [-0.4, -0.2) is 44.6 Å². The summed E-state index contributed by atoms with van der Waals surface area (Å²) in [6.07, 6.45) is -0.753. The monoisotopic (exact) mass is 522 g/mol. The van der Waals surface area contributed by atoms with E-state index in [-0.39, 0.29) is 11.5 Å². The summed E-state index contributed by atoms with van der Waals surface area (Å²) in [5, 5.41) is 3.18. The lowest BCUT2D eigenvalue weighted by Gasteiger charge is -2.20. The maximum Gasteiger partial charge on any atom is 0.416 e. The van der Waals surface area contributed by atoms with E-state index in [4.69, 9.17) is 4.74 Å². The number of ether oxygens (including phenoxy) is 1. The number of amides is 1. The predicted octanol–water partition coefficient (Wildman–Crippen LogP) is 6.69. The summed E-state index contributed by atoms with van der Waals surface area (Å²) in [6.45, 7) is 3.44. The molecule has 1 amide bonds. The van der Waals surface area contributed by atoms with E-state index in [1.165, 1.54) is 17.0 Å². The van der Waals surface area contributed by atoms with E-state index in [1.54, 1.807) is 32.3 Å². The van der Waals surface area contributed by atoms with E-state index in [1.807, 2.05) is 61.5 Å². The number of nitrogens with one attached hydrogen (secondary N) is 1. The van der Waals surface area contributed by atoms with Gasteiger partial charge in [-0.05, 0) is 52.5 Å². The van der Waals surface area contributed by atoms with Gasteiger partial charge in [0.2, 0.25) is 5.91 Å². The van der Waals surface area contributed by atoms with Gasteiger partial charge in [0, 0.05) is 33.3 Å². The Morgan fingerprint density at radius 1 is 0.921 bits per heavy atom. The Kier molecular flexibility index (Phi) is 10.3. The van der Waals surface area contributed by atoms with Crippen molar-refractivity contribution < 1.29 is 22.7 Å². The van der Waals surface area contributed by atoms with Crippen LogP contribution in [0.1, 0.15) is 35.6 Å². The van der Waals surface area contributed by atoms with Crippen LogP contribution in [-0.2, 0) is 11.0 Å². The lowest BCUT2D eigenvalue weighted by molar-refractivity contribution is -0.137. The Bertz CT molecular complexity index is 1250. The quantitative estimate of drug-likeness (QED) is 0.173. The summed E-state index contributed by atoms with van der Waals surface area (Å²) in [5.74, 6) is 0.593. The van der Waals surface area contributed by atoms with Gasteiger partial charge in [-0.25, -0.2) is 0 Å². The molecule has 7 heteroatoms. The Balaban J connectivity index is 1.81. The maximum absolute atomic E-state index is 13.9. The molecule has 0 atom stereocenters. The summed E-state index contributed by atoms with van der Waals surface area (Å²) >= 11 is 0. The number of hydrogen-bond acceptors (Lipinski definition) is 3. The van der Waals surface area contributed by atoms with Gasteiger partial charge in [-0.1, -0.05) is 73.7 Å². The molecule has 0 saturated carbocycles. The summed E-state index contributed by atoms with van der Waals surface area (Å²) in [4.78, 5) is 13.0. The molecule has 0 unspecified atom stereocenters. The fraction of sp³-hybridized carbons (Fsp3) is 0.258. The number of carbonyl (C=O) groups is 1. The maximum atomic E-state index is 13.9. The van der Waals surface area contributed by atoms with Crippen LogP contribution in [0.5, 0.6) is 5.75 Å². The molecule has 38 heavy (non-hydrogen) atoms. The number of likely N-dealkylation sites (N-methyl/N-ethyl adjacent to an activating group) is 1. The van der Waals surface area contributed by atoms with Gasteiger partial charge in [0.1, 0.15) is 12.4 Å². The molecule has 0 aliphatic heterocycles. The van der Waals surface area contributed by atoms with Crippen LogP contribution in [0.3, 0.4) is 0 Å². The summed E-state index contributed by atoms with van der Waals surface area (Å²) in [7, 11) is 3.39. The first-order chi connectivity index (χ1) is 18.2. The number of rotatable bonds is 11. The number of benzene rings is 3. The molecule has 0 fully saturated rings. The Morgan fingerprint density at radius 2 is 1.55 bits per heavy atom. The average Bonchev–Trinajstić information content (AvgIpc) is 2.91. The molecule has 3 aromatic rings. The lowest BCUT2D eigenvalue weighted by atomic mass is 9.86. The SMILES string of the molecule is CC/C(=C(\c1ccccc1)c1ccc(OCCNC/C=C/C(=O)N(C)C)cc1)c1ccccc1C(F)(F)F. The van der Waals surface area contributed by atoms with Crippen molar-refractivity contribution in [2.75, 3.05) is 33.8 Å².